The normalized spacial score (nSPS) is 11.6. The summed E-state index contributed by atoms with van der Waals surface area (Å²) in [6.07, 6.45) is 6.41. The molecule has 2 heterocycles. The number of nitrogens with one attached hydrogen (secondary N) is 1. The molecular weight excluding hydrogens is 410 g/mol. The van der Waals surface area contributed by atoms with E-state index in [0.717, 1.165) is 16.6 Å². The van der Waals surface area contributed by atoms with Crippen LogP contribution in [0.25, 0.3) is 16.7 Å². The average molecular weight is 428 g/mol. The monoisotopic (exact) mass is 427 g/mol. The topological polar surface area (TPSA) is 111 Å². The first kappa shape index (κ1) is 19.2. The van der Waals surface area contributed by atoms with Crippen LogP contribution in [0.1, 0.15) is 0 Å². The van der Waals surface area contributed by atoms with Crippen molar-refractivity contribution in [1.29, 1.82) is 0 Å². The Morgan fingerprint density at radius 1 is 1.14 bits per heavy atom. The molecule has 0 aliphatic carbocycles. The molecule has 10 heteroatoms. The zero-order chi connectivity index (χ0) is 20.6. The van der Waals surface area contributed by atoms with Gasteiger partial charge in [0, 0.05) is 39.0 Å². The predicted octanol–water partition coefficient (Wildman–Crippen LogP) is 4.15. The number of hydrogen-bond donors (Lipinski definition) is 2. The van der Waals surface area contributed by atoms with Crippen molar-refractivity contribution >= 4 is 55.2 Å². The first-order valence-electron chi connectivity index (χ1n) is 8.59. The molecule has 0 saturated heterocycles. The van der Waals surface area contributed by atoms with Crippen molar-refractivity contribution in [3.8, 4) is 5.82 Å². The van der Waals surface area contributed by atoms with Crippen molar-refractivity contribution in [2.45, 2.75) is 0 Å². The highest BCUT2D eigenvalue weighted by molar-refractivity contribution is 7.92. The summed E-state index contributed by atoms with van der Waals surface area (Å²) in [6.45, 7) is 0. The fourth-order valence-corrected chi connectivity index (χ4v) is 3.58. The second kappa shape index (κ2) is 7.34. The molecule has 0 aliphatic rings. The molecule has 0 bridgehead atoms. The molecule has 8 nitrogen and oxygen atoms in total. The smallest absolute Gasteiger partial charge is 0.229 e. The number of nitrogens with two attached hydrogens (primary N) is 1. The summed E-state index contributed by atoms with van der Waals surface area (Å²) >= 11 is 6.33. The molecule has 0 atom stereocenters. The van der Waals surface area contributed by atoms with E-state index in [9.17, 15) is 4.21 Å². The van der Waals surface area contributed by atoms with Crippen LogP contribution in [0, 0.1) is 0 Å². The van der Waals surface area contributed by atoms with Crippen LogP contribution in [-0.4, -0.2) is 36.5 Å². The second-order valence-corrected chi connectivity index (χ2v) is 9.64. The quantitative estimate of drug-likeness (QED) is 0.473. The number of benzene rings is 2. The van der Waals surface area contributed by atoms with Gasteiger partial charge in [-0.25, -0.2) is 13.9 Å². The van der Waals surface area contributed by atoms with Gasteiger partial charge in [0.1, 0.15) is 5.02 Å². The molecule has 0 fully saturated rings. The lowest BCUT2D eigenvalue weighted by molar-refractivity contribution is 0.684. The minimum atomic E-state index is -2.21. The fourth-order valence-electron chi connectivity index (χ4n) is 2.78. The van der Waals surface area contributed by atoms with Crippen molar-refractivity contribution in [2.24, 2.45) is 4.36 Å². The number of fused-ring (bicyclic) bond motifs is 1. The van der Waals surface area contributed by atoms with Crippen LogP contribution in [0.15, 0.2) is 59.2 Å². The van der Waals surface area contributed by atoms with Gasteiger partial charge in [0.2, 0.25) is 5.95 Å². The number of rotatable bonds is 4. The first-order chi connectivity index (χ1) is 13.8. The van der Waals surface area contributed by atoms with Gasteiger partial charge < -0.3 is 11.1 Å². The minimum absolute atomic E-state index is 0.364. The maximum Gasteiger partial charge on any atom is 0.229 e. The molecule has 0 unspecified atom stereocenters. The minimum Gasteiger partial charge on any atom is -0.399 e. The number of aromatic nitrogens is 4. The van der Waals surface area contributed by atoms with E-state index in [1.807, 2.05) is 24.3 Å². The van der Waals surface area contributed by atoms with Crippen LogP contribution in [0.2, 0.25) is 5.02 Å². The highest BCUT2D eigenvalue weighted by Gasteiger charge is 2.12. The molecule has 2 aromatic carbocycles. The van der Waals surface area contributed by atoms with Crippen LogP contribution >= 0.6 is 11.6 Å². The van der Waals surface area contributed by atoms with E-state index in [1.54, 1.807) is 41.6 Å². The lowest BCUT2D eigenvalue weighted by Gasteiger charge is -2.09. The first-order valence-corrected chi connectivity index (χ1v) is 11.3. The third kappa shape index (κ3) is 4.30. The molecule has 4 rings (SSSR count). The average Bonchev–Trinajstić information content (AvgIpc) is 3.06. The van der Waals surface area contributed by atoms with Gasteiger partial charge in [0.25, 0.3) is 0 Å². The molecule has 0 aliphatic heterocycles. The van der Waals surface area contributed by atoms with E-state index in [2.05, 4.69) is 24.7 Å². The van der Waals surface area contributed by atoms with Gasteiger partial charge in [-0.05, 0) is 42.5 Å². The van der Waals surface area contributed by atoms with Gasteiger partial charge in [-0.1, -0.05) is 11.6 Å². The van der Waals surface area contributed by atoms with E-state index in [4.69, 9.17) is 17.3 Å². The molecule has 0 saturated carbocycles. The molecule has 2 aromatic heterocycles. The zero-order valence-electron chi connectivity index (χ0n) is 15.7. The van der Waals surface area contributed by atoms with Crippen LogP contribution in [-0.2, 0) is 9.73 Å². The Bertz CT molecular complexity index is 1320. The van der Waals surface area contributed by atoms with Crippen molar-refractivity contribution in [3.05, 3.63) is 59.9 Å². The van der Waals surface area contributed by atoms with Crippen molar-refractivity contribution < 1.29 is 4.21 Å². The van der Waals surface area contributed by atoms with E-state index >= 15 is 0 Å². The zero-order valence-corrected chi connectivity index (χ0v) is 17.3. The standard InChI is InChI=1S/C19H18ClN7OS/c1-29(2,28)26-15-6-4-14(5-7-15)24-19-22-11-16(20)18(25-19)27-17-8-3-13(21)9-12(17)10-23-27/h3-11H,21H2,1-2H3,(H,22,24,25). The molecule has 3 N–H and O–H groups in total. The van der Waals surface area contributed by atoms with Gasteiger partial charge in [0.15, 0.2) is 5.82 Å². The third-order valence-electron chi connectivity index (χ3n) is 3.97. The summed E-state index contributed by atoms with van der Waals surface area (Å²) in [6, 6.07) is 12.7. The number of halogens is 1. The molecule has 0 spiro atoms. The fraction of sp³-hybridized carbons (Fsp3) is 0.105. The largest absolute Gasteiger partial charge is 0.399 e. The Morgan fingerprint density at radius 3 is 2.62 bits per heavy atom. The van der Waals surface area contributed by atoms with Gasteiger partial charge in [0.05, 0.1) is 23.6 Å². The van der Waals surface area contributed by atoms with Crippen molar-refractivity contribution in [2.75, 3.05) is 23.6 Å². The maximum atomic E-state index is 11.8. The Kier molecular flexibility index (Phi) is 4.85. The number of anilines is 3. The van der Waals surface area contributed by atoms with Crippen LogP contribution in [0.5, 0.6) is 0 Å². The van der Waals surface area contributed by atoms with Gasteiger partial charge in [-0.3, -0.25) is 0 Å². The number of nitrogens with zero attached hydrogens (tertiary/aromatic N) is 5. The molecule has 148 valence electrons. The van der Waals surface area contributed by atoms with E-state index in [1.165, 1.54) is 6.20 Å². The van der Waals surface area contributed by atoms with Crippen molar-refractivity contribution in [3.63, 3.8) is 0 Å². The summed E-state index contributed by atoms with van der Waals surface area (Å²) < 4.78 is 17.6. The van der Waals surface area contributed by atoms with Gasteiger partial charge in [-0.2, -0.15) is 14.4 Å². The molecular formula is C19H18ClN7OS. The van der Waals surface area contributed by atoms with Crippen LogP contribution in [0.3, 0.4) is 0 Å². The Balaban J connectivity index is 1.66. The highest BCUT2D eigenvalue weighted by atomic mass is 35.5. The lowest BCUT2D eigenvalue weighted by atomic mass is 10.2. The predicted molar refractivity (Wildman–Crippen MR) is 118 cm³/mol. The Morgan fingerprint density at radius 2 is 1.90 bits per heavy atom. The third-order valence-corrected chi connectivity index (χ3v) is 4.88. The maximum absolute atomic E-state index is 11.8. The summed E-state index contributed by atoms with van der Waals surface area (Å²) in [5.41, 5.74) is 8.73. The lowest BCUT2D eigenvalue weighted by Crippen LogP contribution is -2.05. The second-order valence-electron chi connectivity index (χ2n) is 6.68. The molecule has 0 amide bonds. The van der Waals surface area contributed by atoms with Crippen molar-refractivity contribution in [1.82, 2.24) is 19.7 Å². The number of nitrogen functional groups attached to an aromatic ring is 1. The van der Waals surface area contributed by atoms with E-state index in [0.29, 0.717) is 28.2 Å². The van der Waals surface area contributed by atoms with Crippen LogP contribution in [0.4, 0.5) is 23.0 Å². The highest BCUT2D eigenvalue weighted by Crippen LogP contribution is 2.26. The summed E-state index contributed by atoms with van der Waals surface area (Å²) in [5.74, 6) is 0.815. The molecule has 29 heavy (non-hydrogen) atoms. The summed E-state index contributed by atoms with van der Waals surface area (Å²) in [4.78, 5) is 8.75. The van der Waals surface area contributed by atoms with E-state index in [-0.39, 0.29) is 0 Å². The van der Waals surface area contributed by atoms with Gasteiger partial charge >= 0.3 is 0 Å². The molecule has 0 radical (unpaired) electrons. The SMILES string of the molecule is CS(C)(=O)=Nc1ccc(Nc2ncc(Cl)c(-n3ncc4cc(N)ccc43)n2)cc1. The van der Waals surface area contributed by atoms with Gasteiger partial charge in [-0.15, -0.1) is 0 Å². The summed E-state index contributed by atoms with van der Waals surface area (Å²) in [5, 5.41) is 8.76. The summed E-state index contributed by atoms with van der Waals surface area (Å²) in [7, 11) is -2.21. The van der Waals surface area contributed by atoms with E-state index < -0.39 is 9.73 Å². The Hall–Kier alpha value is -3.17. The van der Waals surface area contributed by atoms with Crippen LogP contribution < -0.4 is 11.1 Å². The number of hydrogen-bond acceptors (Lipinski definition) is 7. The Labute approximate surface area is 172 Å². The molecule has 4 aromatic rings.